The lowest BCUT2D eigenvalue weighted by Gasteiger charge is -2.16. The van der Waals surface area contributed by atoms with Crippen molar-refractivity contribution in [1.29, 1.82) is 0 Å². The lowest BCUT2D eigenvalue weighted by atomic mass is 10.1. The highest BCUT2D eigenvalue weighted by atomic mass is 35.5. The highest BCUT2D eigenvalue weighted by Crippen LogP contribution is 2.31. The Bertz CT molecular complexity index is 1450. The van der Waals surface area contributed by atoms with Crippen LogP contribution in [0.3, 0.4) is 0 Å². The topological polar surface area (TPSA) is 105 Å². The summed E-state index contributed by atoms with van der Waals surface area (Å²) in [4.78, 5) is 50.9. The van der Waals surface area contributed by atoms with Crippen molar-refractivity contribution in [3.63, 3.8) is 0 Å². The van der Waals surface area contributed by atoms with Gasteiger partial charge in [0.05, 0.1) is 24.8 Å². The van der Waals surface area contributed by atoms with Crippen molar-refractivity contribution in [2.75, 3.05) is 22.6 Å². The minimum absolute atomic E-state index is 0.100. The first-order chi connectivity index (χ1) is 17.7. The highest BCUT2D eigenvalue weighted by molar-refractivity contribution is 6.53. The maximum Gasteiger partial charge on any atom is 0.337 e. The normalized spacial score (nSPS) is 13.1. The number of rotatable bonds is 7. The average Bonchev–Trinajstić information content (AvgIpc) is 3.09. The van der Waals surface area contributed by atoms with Crippen LogP contribution < -0.4 is 15.5 Å². The van der Waals surface area contributed by atoms with Crippen molar-refractivity contribution in [2.45, 2.75) is 13.3 Å². The van der Waals surface area contributed by atoms with Gasteiger partial charge in [-0.05, 0) is 60.5 Å². The number of anilines is 3. The van der Waals surface area contributed by atoms with Crippen LogP contribution in [0.1, 0.15) is 21.5 Å². The molecular weight excluding hydrogens is 517 g/mol. The lowest BCUT2D eigenvalue weighted by molar-refractivity contribution is -0.120. The summed E-state index contributed by atoms with van der Waals surface area (Å²) in [6.07, 6.45) is 0.122. The van der Waals surface area contributed by atoms with Crippen LogP contribution in [-0.4, -0.2) is 30.8 Å². The maximum atomic E-state index is 13.0. The lowest BCUT2D eigenvalue weighted by Crippen LogP contribution is -2.32. The Morgan fingerprint density at radius 1 is 0.919 bits per heavy atom. The van der Waals surface area contributed by atoms with Gasteiger partial charge in [-0.2, -0.15) is 0 Å². The fourth-order valence-electron chi connectivity index (χ4n) is 3.65. The Morgan fingerprint density at radius 2 is 1.62 bits per heavy atom. The number of carbonyl (C=O) groups is 4. The second kappa shape index (κ2) is 10.9. The van der Waals surface area contributed by atoms with Gasteiger partial charge in [0.1, 0.15) is 10.7 Å². The van der Waals surface area contributed by atoms with Crippen LogP contribution in [0.4, 0.5) is 17.1 Å². The van der Waals surface area contributed by atoms with Crippen molar-refractivity contribution in [2.24, 2.45) is 0 Å². The molecule has 3 aromatic carbocycles. The molecule has 0 bridgehead atoms. The number of ether oxygens (including phenoxy) is 1. The first kappa shape index (κ1) is 25.9. The number of amides is 3. The van der Waals surface area contributed by atoms with Crippen molar-refractivity contribution in [3.8, 4) is 0 Å². The molecule has 0 spiro atoms. The molecular formula is C27H21Cl2N3O5. The Morgan fingerprint density at radius 3 is 2.30 bits per heavy atom. The van der Waals surface area contributed by atoms with Crippen LogP contribution in [0.2, 0.25) is 5.02 Å². The summed E-state index contributed by atoms with van der Waals surface area (Å²) in [6.45, 7) is 1.88. The van der Waals surface area contributed by atoms with Gasteiger partial charge in [0.2, 0.25) is 5.91 Å². The third-order valence-corrected chi connectivity index (χ3v) is 6.35. The third-order valence-electron chi connectivity index (χ3n) is 5.60. The van der Waals surface area contributed by atoms with E-state index in [-0.39, 0.29) is 34.3 Å². The van der Waals surface area contributed by atoms with Crippen LogP contribution >= 0.6 is 23.2 Å². The van der Waals surface area contributed by atoms with Crippen molar-refractivity contribution < 1.29 is 23.9 Å². The van der Waals surface area contributed by atoms with Gasteiger partial charge in [-0.25, -0.2) is 9.69 Å². The summed E-state index contributed by atoms with van der Waals surface area (Å²) >= 11 is 12.3. The van der Waals surface area contributed by atoms with E-state index in [1.54, 1.807) is 36.4 Å². The number of carbonyl (C=O) groups excluding carboxylic acids is 4. The first-order valence-corrected chi connectivity index (χ1v) is 11.8. The van der Waals surface area contributed by atoms with E-state index >= 15 is 0 Å². The maximum absolute atomic E-state index is 13.0. The van der Waals surface area contributed by atoms with Crippen molar-refractivity contribution in [1.82, 2.24) is 0 Å². The predicted octanol–water partition coefficient (Wildman–Crippen LogP) is 5.05. The molecule has 0 atom stereocenters. The SMILES string of the molecule is COC(=O)c1cccc(N2C(=O)C(Cl)=C(Nc3ccc(CC(=O)Nc4ccc(C)c(Cl)c4)cc3)C2=O)c1. The number of benzene rings is 3. The summed E-state index contributed by atoms with van der Waals surface area (Å²) in [5, 5.41) is 5.96. The number of esters is 1. The molecule has 4 rings (SSSR count). The standard InChI is InChI=1S/C27H21Cl2N3O5/c1-15-6-9-19(14-21(15)28)30-22(33)12-16-7-10-18(11-8-16)31-24-23(29)25(34)32(26(24)35)20-5-3-4-17(13-20)27(36)37-2/h3-11,13-14,31H,12H2,1-2H3,(H,30,33). The molecule has 0 radical (unpaired) electrons. The number of aryl methyl sites for hydroxylation is 1. The molecule has 0 unspecified atom stereocenters. The van der Waals surface area contributed by atoms with Gasteiger partial charge in [0.25, 0.3) is 11.8 Å². The molecule has 1 heterocycles. The number of halogens is 2. The van der Waals surface area contributed by atoms with Gasteiger partial charge < -0.3 is 15.4 Å². The van der Waals surface area contributed by atoms with Gasteiger partial charge in [-0.15, -0.1) is 0 Å². The van der Waals surface area contributed by atoms with E-state index in [1.165, 1.54) is 31.4 Å². The number of hydrogen-bond donors (Lipinski definition) is 2. The van der Waals surface area contributed by atoms with Crippen LogP contribution in [0.25, 0.3) is 0 Å². The number of nitrogens with zero attached hydrogens (tertiary/aromatic N) is 1. The van der Waals surface area contributed by atoms with E-state index in [2.05, 4.69) is 10.6 Å². The fourth-order valence-corrected chi connectivity index (χ4v) is 4.04. The quantitative estimate of drug-likeness (QED) is 0.322. The summed E-state index contributed by atoms with van der Waals surface area (Å²) in [5.74, 6) is -2.21. The fraction of sp³-hybridized carbons (Fsp3) is 0.111. The highest BCUT2D eigenvalue weighted by Gasteiger charge is 2.39. The Labute approximate surface area is 222 Å². The minimum atomic E-state index is -0.722. The zero-order valence-electron chi connectivity index (χ0n) is 19.8. The average molecular weight is 538 g/mol. The molecule has 188 valence electrons. The van der Waals surface area contributed by atoms with Gasteiger partial charge >= 0.3 is 5.97 Å². The van der Waals surface area contributed by atoms with Crippen LogP contribution in [0.15, 0.2) is 77.5 Å². The van der Waals surface area contributed by atoms with Crippen molar-refractivity contribution in [3.05, 3.63) is 99.2 Å². The second-order valence-corrected chi connectivity index (χ2v) is 8.97. The van der Waals surface area contributed by atoms with E-state index in [9.17, 15) is 19.2 Å². The zero-order valence-corrected chi connectivity index (χ0v) is 21.3. The molecule has 1 aliphatic heterocycles. The summed E-state index contributed by atoms with van der Waals surface area (Å²) in [7, 11) is 1.24. The molecule has 0 saturated heterocycles. The van der Waals surface area contributed by atoms with Gasteiger partial charge in [0.15, 0.2) is 0 Å². The van der Waals surface area contributed by atoms with Crippen LogP contribution in [0, 0.1) is 6.92 Å². The molecule has 0 aromatic heterocycles. The van der Waals surface area contributed by atoms with E-state index in [0.717, 1.165) is 16.0 Å². The number of hydrogen-bond acceptors (Lipinski definition) is 6. The summed E-state index contributed by atoms with van der Waals surface area (Å²) in [5.41, 5.74) is 3.01. The summed E-state index contributed by atoms with van der Waals surface area (Å²) in [6, 6.07) is 18.0. The number of imide groups is 1. The summed E-state index contributed by atoms with van der Waals surface area (Å²) < 4.78 is 4.69. The molecule has 3 aromatic rings. The first-order valence-electron chi connectivity index (χ1n) is 11.1. The Balaban J connectivity index is 1.43. The smallest absolute Gasteiger partial charge is 0.337 e. The molecule has 0 aliphatic carbocycles. The molecule has 0 saturated carbocycles. The second-order valence-electron chi connectivity index (χ2n) is 8.19. The molecule has 0 fully saturated rings. The van der Waals surface area contributed by atoms with Crippen molar-refractivity contribution >= 4 is 64.0 Å². The molecule has 3 amide bonds. The molecule has 8 nitrogen and oxygen atoms in total. The van der Waals surface area contributed by atoms with Crippen LogP contribution in [-0.2, 0) is 25.5 Å². The Hall–Kier alpha value is -4.14. The minimum Gasteiger partial charge on any atom is -0.465 e. The van der Waals surface area contributed by atoms with Gasteiger partial charge in [-0.3, -0.25) is 14.4 Å². The predicted molar refractivity (Wildman–Crippen MR) is 142 cm³/mol. The molecule has 10 heteroatoms. The molecule has 1 aliphatic rings. The van der Waals surface area contributed by atoms with E-state index < -0.39 is 17.8 Å². The largest absolute Gasteiger partial charge is 0.465 e. The Kier molecular flexibility index (Phi) is 7.61. The third kappa shape index (κ3) is 5.66. The van der Waals surface area contributed by atoms with Gasteiger partial charge in [0, 0.05) is 16.4 Å². The van der Waals surface area contributed by atoms with E-state index in [0.29, 0.717) is 16.4 Å². The van der Waals surface area contributed by atoms with E-state index in [1.807, 2.05) is 13.0 Å². The monoisotopic (exact) mass is 537 g/mol. The molecule has 37 heavy (non-hydrogen) atoms. The van der Waals surface area contributed by atoms with Gasteiger partial charge in [-0.1, -0.05) is 47.5 Å². The number of methoxy groups -OCH3 is 1. The van der Waals surface area contributed by atoms with Crippen LogP contribution in [0.5, 0.6) is 0 Å². The number of nitrogens with one attached hydrogen (secondary N) is 2. The zero-order chi connectivity index (χ0) is 26.7. The van der Waals surface area contributed by atoms with E-state index in [4.69, 9.17) is 27.9 Å². The molecule has 2 N–H and O–H groups in total.